The van der Waals surface area contributed by atoms with Crippen LogP contribution in [0.1, 0.15) is 22.8 Å². The molecule has 1 aromatic carbocycles. The minimum atomic E-state index is -0.0726. The van der Waals surface area contributed by atoms with Crippen molar-refractivity contribution in [2.24, 2.45) is 0 Å². The zero-order chi connectivity index (χ0) is 13.8. The van der Waals surface area contributed by atoms with Gasteiger partial charge in [0.1, 0.15) is 0 Å². The number of rotatable bonds is 2. The van der Waals surface area contributed by atoms with Gasteiger partial charge in [-0.2, -0.15) is 5.26 Å². The van der Waals surface area contributed by atoms with Gasteiger partial charge in [-0.05, 0) is 26.0 Å². The van der Waals surface area contributed by atoms with Gasteiger partial charge in [-0.3, -0.25) is 9.69 Å². The van der Waals surface area contributed by atoms with Crippen molar-refractivity contribution in [1.82, 2.24) is 9.80 Å². The molecule has 19 heavy (non-hydrogen) atoms. The summed E-state index contributed by atoms with van der Waals surface area (Å²) in [6.07, 6.45) is 0. The third-order valence-electron chi connectivity index (χ3n) is 3.63. The second-order valence-electron chi connectivity index (χ2n) is 5.00. The number of benzene rings is 1. The number of piperazine rings is 1. The van der Waals surface area contributed by atoms with Crippen molar-refractivity contribution in [1.29, 1.82) is 5.26 Å². The highest BCUT2D eigenvalue weighted by Crippen LogP contribution is 2.11. The second kappa shape index (κ2) is 5.85. The van der Waals surface area contributed by atoms with E-state index < -0.39 is 0 Å². The first-order chi connectivity index (χ1) is 9.11. The first-order valence-electron chi connectivity index (χ1n) is 6.61. The second-order valence-corrected chi connectivity index (χ2v) is 5.00. The van der Waals surface area contributed by atoms with Crippen LogP contribution in [0.25, 0.3) is 0 Å². The standard InChI is InChI=1S/C15H19N3O/c1-12-3-5-14(6-4-12)15(19)18-9-7-17(8-10-18)13(2)11-16/h3-6,13H,7-10H2,1-2H3. The average molecular weight is 257 g/mol. The van der Waals surface area contributed by atoms with Crippen LogP contribution in [0.15, 0.2) is 24.3 Å². The molecule has 0 aliphatic carbocycles. The molecule has 1 unspecified atom stereocenters. The van der Waals surface area contributed by atoms with Crippen molar-refractivity contribution in [2.45, 2.75) is 19.9 Å². The van der Waals surface area contributed by atoms with Crippen molar-refractivity contribution in [2.75, 3.05) is 26.2 Å². The Balaban J connectivity index is 1.96. The van der Waals surface area contributed by atoms with Crippen molar-refractivity contribution in [3.05, 3.63) is 35.4 Å². The zero-order valence-electron chi connectivity index (χ0n) is 11.5. The fraction of sp³-hybridized carbons (Fsp3) is 0.467. The van der Waals surface area contributed by atoms with E-state index in [0.717, 1.165) is 24.2 Å². The Kier molecular flexibility index (Phi) is 4.18. The summed E-state index contributed by atoms with van der Waals surface area (Å²) in [5.41, 5.74) is 1.90. The summed E-state index contributed by atoms with van der Waals surface area (Å²) in [6.45, 7) is 6.84. The van der Waals surface area contributed by atoms with Crippen LogP contribution in [0.4, 0.5) is 0 Å². The highest BCUT2D eigenvalue weighted by molar-refractivity contribution is 5.94. The monoisotopic (exact) mass is 257 g/mol. The van der Waals surface area contributed by atoms with Crippen molar-refractivity contribution < 1.29 is 4.79 Å². The third-order valence-corrected chi connectivity index (χ3v) is 3.63. The Morgan fingerprint density at radius 1 is 1.21 bits per heavy atom. The minimum absolute atomic E-state index is 0.0726. The van der Waals surface area contributed by atoms with Crippen LogP contribution in [-0.2, 0) is 0 Å². The largest absolute Gasteiger partial charge is 0.336 e. The van der Waals surface area contributed by atoms with E-state index in [4.69, 9.17) is 5.26 Å². The molecule has 100 valence electrons. The molecule has 0 aromatic heterocycles. The van der Waals surface area contributed by atoms with E-state index in [-0.39, 0.29) is 11.9 Å². The average Bonchev–Trinajstić information content (AvgIpc) is 2.46. The lowest BCUT2D eigenvalue weighted by atomic mass is 10.1. The summed E-state index contributed by atoms with van der Waals surface area (Å²) in [5.74, 6) is 0.0873. The number of aryl methyl sites for hydroxylation is 1. The lowest BCUT2D eigenvalue weighted by Gasteiger charge is -2.35. The highest BCUT2D eigenvalue weighted by atomic mass is 16.2. The summed E-state index contributed by atoms with van der Waals surface area (Å²) in [7, 11) is 0. The molecular weight excluding hydrogens is 238 g/mol. The Morgan fingerprint density at radius 2 is 1.79 bits per heavy atom. The number of nitriles is 1. The SMILES string of the molecule is Cc1ccc(C(=O)N2CCN(C(C)C#N)CC2)cc1. The molecule has 1 heterocycles. The predicted octanol–water partition coefficient (Wildman–Crippen LogP) is 1.66. The molecule has 1 aromatic rings. The molecule has 1 fully saturated rings. The molecule has 1 amide bonds. The molecule has 1 aliphatic heterocycles. The van der Waals surface area contributed by atoms with E-state index in [1.54, 1.807) is 0 Å². The molecule has 4 heteroatoms. The number of hydrogen-bond acceptors (Lipinski definition) is 3. The quantitative estimate of drug-likeness (QED) is 0.809. The van der Waals surface area contributed by atoms with Gasteiger partial charge < -0.3 is 4.90 Å². The molecule has 4 nitrogen and oxygen atoms in total. The molecule has 1 aliphatic rings. The van der Waals surface area contributed by atoms with Gasteiger partial charge in [0.2, 0.25) is 0 Å². The van der Waals surface area contributed by atoms with Gasteiger partial charge in [0.05, 0.1) is 12.1 Å². The fourth-order valence-corrected chi connectivity index (χ4v) is 2.27. The predicted molar refractivity (Wildman–Crippen MR) is 73.7 cm³/mol. The molecule has 1 atom stereocenters. The zero-order valence-corrected chi connectivity index (χ0v) is 11.5. The minimum Gasteiger partial charge on any atom is -0.336 e. The van der Waals surface area contributed by atoms with Gasteiger partial charge in [0.25, 0.3) is 5.91 Å². The van der Waals surface area contributed by atoms with Gasteiger partial charge in [0, 0.05) is 31.7 Å². The van der Waals surface area contributed by atoms with Gasteiger partial charge >= 0.3 is 0 Å². The van der Waals surface area contributed by atoms with Crippen LogP contribution in [0.5, 0.6) is 0 Å². The van der Waals surface area contributed by atoms with Gasteiger partial charge in [0.15, 0.2) is 0 Å². The third kappa shape index (κ3) is 3.12. The van der Waals surface area contributed by atoms with Crippen molar-refractivity contribution >= 4 is 5.91 Å². The molecule has 0 saturated carbocycles. The van der Waals surface area contributed by atoms with Crippen LogP contribution in [0.3, 0.4) is 0 Å². The first kappa shape index (κ1) is 13.6. The summed E-state index contributed by atoms with van der Waals surface area (Å²) in [5, 5.41) is 8.89. The van der Waals surface area contributed by atoms with E-state index in [0.29, 0.717) is 13.1 Å². The molecule has 0 spiro atoms. The number of nitrogens with zero attached hydrogens (tertiary/aromatic N) is 3. The normalized spacial score (nSPS) is 17.8. The van der Waals surface area contributed by atoms with E-state index in [2.05, 4.69) is 11.0 Å². The van der Waals surface area contributed by atoms with E-state index in [1.165, 1.54) is 0 Å². The van der Waals surface area contributed by atoms with Gasteiger partial charge in [-0.1, -0.05) is 17.7 Å². The molecule has 0 N–H and O–H groups in total. The molecule has 0 radical (unpaired) electrons. The summed E-state index contributed by atoms with van der Waals surface area (Å²) >= 11 is 0. The van der Waals surface area contributed by atoms with Gasteiger partial charge in [-0.15, -0.1) is 0 Å². The van der Waals surface area contributed by atoms with Crippen LogP contribution < -0.4 is 0 Å². The lowest BCUT2D eigenvalue weighted by Crippen LogP contribution is -2.51. The summed E-state index contributed by atoms with van der Waals surface area (Å²) in [6, 6.07) is 9.84. The summed E-state index contributed by atoms with van der Waals surface area (Å²) < 4.78 is 0. The van der Waals surface area contributed by atoms with E-state index in [9.17, 15) is 4.79 Å². The smallest absolute Gasteiger partial charge is 0.253 e. The number of amides is 1. The van der Waals surface area contributed by atoms with Crippen molar-refractivity contribution in [3.8, 4) is 6.07 Å². The molecular formula is C15H19N3O. The Morgan fingerprint density at radius 3 is 2.32 bits per heavy atom. The maximum absolute atomic E-state index is 12.3. The molecule has 1 saturated heterocycles. The molecule has 2 rings (SSSR count). The van der Waals surface area contributed by atoms with E-state index in [1.807, 2.05) is 43.0 Å². The van der Waals surface area contributed by atoms with Crippen LogP contribution >= 0.6 is 0 Å². The van der Waals surface area contributed by atoms with Crippen LogP contribution in [0, 0.1) is 18.3 Å². The fourth-order valence-electron chi connectivity index (χ4n) is 2.27. The molecule has 0 bridgehead atoms. The number of carbonyl (C=O) groups is 1. The number of hydrogen-bond donors (Lipinski definition) is 0. The first-order valence-corrected chi connectivity index (χ1v) is 6.61. The van der Waals surface area contributed by atoms with E-state index >= 15 is 0 Å². The maximum Gasteiger partial charge on any atom is 0.253 e. The Bertz CT molecular complexity index is 481. The van der Waals surface area contributed by atoms with Crippen LogP contribution in [-0.4, -0.2) is 47.9 Å². The number of carbonyl (C=O) groups excluding carboxylic acids is 1. The van der Waals surface area contributed by atoms with Crippen LogP contribution in [0.2, 0.25) is 0 Å². The van der Waals surface area contributed by atoms with Gasteiger partial charge in [-0.25, -0.2) is 0 Å². The summed E-state index contributed by atoms with van der Waals surface area (Å²) in [4.78, 5) is 16.3. The Hall–Kier alpha value is -1.86. The maximum atomic E-state index is 12.3. The lowest BCUT2D eigenvalue weighted by molar-refractivity contribution is 0.0615. The highest BCUT2D eigenvalue weighted by Gasteiger charge is 2.24. The van der Waals surface area contributed by atoms with Crippen molar-refractivity contribution in [3.63, 3.8) is 0 Å². The Labute approximate surface area is 114 Å². The topological polar surface area (TPSA) is 47.3 Å².